The lowest BCUT2D eigenvalue weighted by atomic mass is 10.2. The number of halogens is 3. The van der Waals surface area contributed by atoms with E-state index in [0.717, 1.165) is 12.1 Å². The van der Waals surface area contributed by atoms with E-state index in [4.69, 9.17) is 4.74 Å². The molecule has 0 fully saturated rings. The zero-order chi connectivity index (χ0) is 22.6. The SMILES string of the molecule is O=C(Nc1ccc(Oc2ccc(-n3cccc3)nn2)cc1)c1cccc(OC(F)(F)F)c1. The molecule has 4 aromatic rings. The van der Waals surface area contributed by atoms with Crippen LogP contribution < -0.4 is 14.8 Å². The lowest BCUT2D eigenvalue weighted by Crippen LogP contribution is -2.18. The number of aromatic nitrogens is 3. The highest BCUT2D eigenvalue weighted by Gasteiger charge is 2.31. The Morgan fingerprint density at radius 2 is 1.62 bits per heavy atom. The van der Waals surface area contributed by atoms with Gasteiger partial charge in [0.15, 0.2) is 5.82 Å². The molecular formula is C22H15F3N4O3. The number of hydrogen-bond acceptors (Lipinski definition) is 5. The van der Waals surface area contributed by atoms with Crippen molar-refractivity contribution in [2.75, 3.05) is 5.32 Å². The van der Waals surface area contributed by atoms with Gasteiger partial charge < -0.3 is 19.4 Å². The van der Waals surface area contributed by atoms with E-state index in [-0.39, 0.29) is 5.56 Å². The first-order chi connectivity index (χ1) is 15.4. The van der Waals surface area contributed by atoms with E-state index in [2.05, 4.69) is 20.3 Å². The summed E-state index contributed by atoms with van der Waals surface area (Å²) < 4.78 is 48.3. The summed E-state index contributed by atoms with van der Waals surface area (Å²) in [6, 6.07) is 18.4. The number of nitrogens with one attached hydrogen (secondary N) is 1. The number of anilines is 1. The average Bonchev–Trinajstić information content (AvgIpc) is 3.30. The van der Waals surface area contributed by atoms with Crippen LogP contribution in [0.4, 0.5) is 18.9 Å². The third kappa shape index (κ3) is 5.42. The number of hydrogen-bond donors (Lipinski definition) is 1. The fourth-order valence-electron chi connectivity index (χ4n) is 2.76. The van der Waals surface area contributed by atoms with Crippen LogP contribution in [0.25, 0.3) is 5.82 Å². The summed E-state index contributed by atoms with van der Waals surface area (Å²) in [5.74, 6) is 0.339. The maximum absolute atomic E-state index is 12.4. The molecule has 2 aromatic carbocycles. The highest BCUT2D eigenvalue weighted by molar-refractivity contribution is 6.04. The largest absolute Gasteiger partial charge is 0.573 e. The molecule has 0 bridgehead atoms. The molecule has 7 nitrogen and oxygen atoms in total. The van der Waals surface area contributed by atoms with Gasteiger partial charge >= 0.3 is 6.36 Å². The number of rotatable bonds is 6. The maximum atomic E-state index is 12.4. The van der Waals surface area contributed by atoms with Crippen molar-refractivity contribution < 1.29 is 27.4 Å². The second kappa shape index (κ2) is 8.80. The molecule has 162 valence electrons. The van der Waals surface area contributed by atoms with Gasteiger partial charge in [-0.15, -0.1) is 23.4 Å². The normalized spacial score (nSPS) is 11.1. The molecule has 10 heteroatoms. The van der Waals surface area contributed by atoms with Crippen LogP contribution >= 0.6 is 0 Å². The third-order valence-corrected chi connectivity index (χ3v) is 4.16. The standard InChI is InChI=1S/C22H15F3N4O3/c23-22(24,25)32-18-5-3-4-15(14-18)21(30)26-16-6-8-17(9-7-16)31-20-11-10-19(27-28-20)29-12-1-2-13-29/h1-14H,(H,26,30). The van der Waals surface area contributed by atoms with Crippen molar-refractivity contribution in [1.82, 2.24) is 14.8 Å². The fourth-order valence-corrected chi connectivity index (χ4v) is 2.76. The molecule has 2 heterocycles. The Hall–Kier alpha value is -4.34. The molecule has 0 aliphatic heterocycles. The number of nitrogens with zero attached hydrogens (tertiary/aromatic N) is 3. The van der Waals surface area contributed by atoms with Gasteiger partial charge in [0.25, 0.3) is 5.91 Å². The van der Waals surface area contributed by atoms with Crippen molar-refractivity contribution in [2.45, 2.75) is 6.36 Å². The molecule has 0 saturated heterocycles. The van der Waals surface area contributed by atoms with E-state index in [0.29, 0.717) is 23.1 Å². The van der Waals surface area contributed by atoms with E-state index in [1.54, 1.807) is 41.0 Å². The molecular weight excluding hydrogens is 425 g/mol. The van der Waals surface area contributed by atoms with Crippen LogP contribution in [0.15, 0.2) is 85.2 Å². The number of ether oxygens (including phenoxy) is 2. The van der Waals surface area contributed by atoms with Crippen LogP contribution in [0.1, 0.15) is 10.4 Å². The molecule has 0 radical (unpaired) electrons. The molecule has 0 atom stereocenters. The predicted molar refractivity (Wildman–Crippen MR) is 109 cm³/mol. The molecule has 4 rings (SSSR count). The van der Waals surface area contributed by atoms with Crippen molar-refractivity contribution >= 4 is 11.6 Å². The van der Waals surface area contributed by atoms with Crippen LogP contribution in [0.3, 0.4) is 0 Å². The van der Waals surface area contributed by atoms with Crippen molar-refractivity contribution in [2.24, 2.45) is 0 Å². The predicted octanol–water partition coefficient (Wildman–Crippen LogP) is 5.21. The first-order valence-electron chi connectivity index (χ1n) is 9.28. The summed E-state index contributed by atoms with van der Waals surface area (Å²) in [4.78, 5) is 12.3. The van der Waals surface area contributed by atoms with Crippen molar-refractivity contribution in [3.8, 4) is 23.2 Å². The van der Waals surface area contributed by atoms with Gasteiger partial charge in [0.1, 0.15) is 11.5 Å². The van der Waals surface area contributed by atoms with E-state index < -0.39 is 18.0 Å². The number of carbonyl (C=O) groups excluding carboxylic acids is 1. The maximum Gasteiger partial charge on any atom is 0.573 e. The third-order valence-electron chi connectivity index (χ3n) is 4.16. The highest BCUT2D eigenvalue weighted by atomic mass is 19.4. The number of carbonyl (C=O) groups is 1. The van der Waals surface area contributed by atoms with Crippen molar-refractivity contribution in [3.63, 3.8) is 0 Å². The Morgan fingerprint density at radius 1 is 0.875 bits per heavy atom. The van der Waals surface area contributed by atoms with Gasteiger partial charge in [-0.2, -0.15) is 0 Å². The van der Waals surface area contributed by atoms with E-state index in [9.17, 15) is 18.0 Å². The summed E-state index contributed by atoms with van der Waals surface area (Å²) >= 11 is 0. The molecule has 1 N–H and O–H groups in total. The van der Waals surface area contributed by atoms with Crippen molar-refractivity contribution in [3.05, 3.63) is 90.8 Å². The summed E-state index contributed by atoms with van der Waals surface area (Å²) in [7, 11) is 0. The van der Waals surface area contributed by atoms with Gasteiger partial charge in [-0.05, 0) is 60.7 Å². The van der Waals surface area contributed by atoms with Gasteiger partial charge in [-0.25, -0.2) is 0 Å². The van der Waals surface area contributed by atoms with Gasteiger partial charge in [-0.1, -0.05) is 6.07 Å². The summed E-state index contributed by atoms with van der Waals surface area (Å²) in [6.45, 7) is 0. The Bertz CT molecular complexity index is 1190. The molecule has 0 aliphatic rings. The lowest BCUT2D eigenvalue weighted by molar-refractivity contribution is -0.274. The lowest BCUT2D eigenvalue weighted by Gasteiger charge is -2.11. The molecule has 0 aliphatic carbocycles. The Balaban J connectivity index is 1.37. The first kappa shape index (κ1) is 20.9. The van der Waals surface area contributed by atoms with Crippen LogP contribution in [0.5, 0.6) is 17.4 Å². The Labute approximate surface area is 180 Å². The molecule has 0 saturated carbocycles. The molecule has 0 unspecified atom stereocenters. The minimum atomic E-state index is -4.84. The van der Waals surface area contributed by atoms with Gasteiger partial charge in [0, 0.05) is 29.7 Å². The average molecular weight is 440 g/mol. The molecule has 1 amide bonds. The summed E-state index contributed by atoms with van der Waals surface area (Å²) in [5, 5.41) is 10.7. The van der Waals surface area contributed by atoms with Gasteiger partial charge in [0.05, 0.1) is 0 Å². The minimum absolute atomic E-state index is 0.0186. The first-order valence-corrected chi connectivity index (χ1v) is 9.28. The fraction of sp³-hybridized carbons (Fsp3) is 0.0455. The quantitative estimate of drug-likeness (QED) is 0.445. The molecule has 32 heavy (non-hydrogen) atoms. The number of benzene rings is 2. The second-order valence-electron chi connectivity index (χ2n) is 6.48. The molecule has 0 spiro atoms. The summed E-state index contributed by atoms with van der Waals surface area (Å²) in [6.07, 6.45) is -1.15. The smallest absolute Gasteiger partial charge is 0.438 e. The minimum Gasteiger partial charge on any atom is -0.438 e. The number of amides is 1. The van der Waals surface area contributed by atoms with E-state index >= 15 is 0 Å². The monoisotopic (exact) mass is 440 g/mol. The topological polar surface area (TPSA) is 78.3 Å². The second-order valence-corrected chi connectivity index (χ2v) is 6.48. The Kier molecular flexibility index (Phi) is 5.75. The highest BCUT2D eigenvalue weighted by Crippen LogP contribution is 2.25. The number of alkyl halides is 3. The zero-order valence-electron chi connectivity index (χ0n) is 16.3. The van der Waals surface area contributed by atoms with Crippen molar-refractivity contribution in [1.29, 1.82) is 0 Å². The van der Waals surface area contributed by atoms with Crippen LogP contribution in [-0.4, -0.2) is 27.0 Å². The van der Waals surface area contributed by atoms with Crippen LogP contribution in [0.2, 0.25) is 0 Å². The Morgan fingerprint density at radius 3 is 2.28 bits per heavy atom. The van der Waals surface area contributed by atoms with Gasteiger partial charge in [-0.3, -0.25) is 4.79 Å². The van der Waals surface area contributed by atoms with Gasteiger partial charge in [0.2, 0.25) is 5.88 Å². The van der Waals surface area contributed by atoms with Crippen LogP contribution in [-0.2, 0) is 0 Å². The van der Waals surface area contributed by atoms with E-state index in [1.807, 2.05) is 24.5 Å². The van der Waals surface area contributed by atoms with E-state index in [1.165, 1.54) is 12.1 Å². The van der Waals surface area contributed by atoms with Crippen LogP contribution in [0, 0.1) is 0 Å². The summed E-state index contributed by atoms with van der Waals surface area (Å²) in [5.41, 5.74) is 0.448. The molecule has 2 aromatic heterocycles. The zero-order valence-corrected chi connectivity index (χ0v) is 16.3.